The molecule has 0 aliphatic carbocycles. The molecule has 3 aliphatic rings. The van der Waals surface area contributed by atoms with Crippen LogP contribution < -0.4 is 20.9 Å². The number of nitrogens with one attached hydrogen (secondary N) is 3. The molecule has 2 aromatic rings. The molecule has 3 aliphatic heterocycles. The summed E-state index contributed by atoms with van der Waals surface area (Å²) in [5.74, 6) is 1.28. The van der Waals surface area contributed by atoms with Gasteiger partial charge in [-0.05, 0) is 60.9 Å². The highest BCUT2D eigenvalue weighted by Crippen LogP contribution is 2.37. The van der Waals surface area contributed by atoms with Gasteiger partial charge in [-0.2, -0.15) is 13.2 Å². The monoisotopic (exact) mass is 536 g/mol. The number of hydrogen-bond acceptors (Lipinski definition) is 7. The highest BCUT2D eigenvalue weighted by Gasteiger charge is 2.41. The highest BCUT2D eigenvalue weighted by molar-refractivity contribution is 5.39. The molecule has 0 radical (unpaired) electrons. The van der Waals surface area contributed by atoms with Crippen molar-refractivity contribution in [2.45, 2.75) is 62.9 Å². The second kappa shape index (κ2) is 11.8. The summed E-state index contributed by atoms with van der Waals surface area (Å²) in [6.07, 6.45) is -1.40. The lowest BCUT2D eigenvalue weighted by molar-refractivity contribution is -0.137. The van der Waals surface area contributed by atoms with Crippen molar-refractivity contribution in [3.8, 4) is 0 Å². The Labute approximate surface area is 220 Å². The Bertz CT molecular complexity index is 1030. The fraction of sp³-hybridized carbons (Fsp3) is 0.593. The zero-order chi connectivity index (χ0) is 26.7. The summed E-state index contributed by atoms with van der Waals surface area (Å²) in [5.41, 5.74) is 1.05. The topological polar surface area (TPSA) is 75.7 Å². The summed E-state index contributed by atoms with van der Waals surface area (Å²) in [6, 6.07) is 9.10. The third-order valence-electron chi connectivity index (χ3n) is 8.06. The molecule has 208 valence electrons. The Morgan fingerprint density at radius 1 is 1.00 bits per heavy atom. The molecule has 3 saturated heterocycles. The lowest BCUT2D eigenvalue weighted by Crippen LogP contribution is -2.68. The van der Waals surface area contributed by atoms with Crippen LogP contribution in [0.2, 0.25) is 0 Å². The van der Waals surface area contributed by atoms with Gasteiger partial charge in [0.25, 0.3) is 0 Å². The standard InChI is InChI=1S/C27H36F4N6O/c28-24-25(33-15-19-3-8-23(32-14-19)36-12-9-18(16-38)10-13-36)34-17-35-26(24)37-11-1-2-22(37)20-4-6-21(7-5-20)27(29,30)31/h3-8,14,18,22,24-26,33-35,38H,1-2,9-13,15-17H2. The summed E-state index contributed by atoms with van der Waals surface area (Å²) < 4.78 is 54.7. The van der Waals surface area contributed by atoms with E-state index in [0.717, 1.165) is 67.9 Å². The molecule has 1 aromatic carbocycles. The minimum atomic E-state index is -4.37. The van der Waals surface area contributed by atoms with E-state index in [1.807, 2.05) is 23.2 Å². The summed E-state index contributed by atoms with van der Waals surface area (Å²) >= 11 is 0. The smallest absolute Gasteiger partial charge is 0.396 e. The molecule has 4 atom stereocenters. The quantitative estimate of drug-likeness (QED) is 0.405. The van der Waals surface area contributed by atoms with Crippen LogP contribution in [0.5, 0.6) is 0 Å². The van der Waals surface area contributed by atoms with E-state index in [9.17, 15) is 18.3 Å². The lowest BCUT2D eigenvalue weighted by Gasteiger charge is -2.42. The van der Waals surface area contributed by atoms with E-state index in [0.29, 0.717) is 25.7 Å². The zero-order valence-electron chi connectivity index (χ0n) is 21.3. The first-order chi connectivity index (χ1) is 18.3. The van der Waals surface area contributed by atoms with Gasteiger partial charge in [0, 0.05) is 51.7 Å². The van der Waals surface area contributed by atoms with E-state index in [4.69, 9.17) is 0 Å². The number of aromatic nitrogens is 1. The molecule has 38 heavy (non-hydrogen) atoms. The van der Waals surface area contributed by atoms with Crippen LogP contribution in [0.15, 0.2) is 42.6 Å². The number of hydrogen-bond donors (Lipinski definition) is 4. The molecular weight excluding hydrogens is 500 g/mol. The van der Waals surface area contributed by atoms with Crippen LogP contribution in [0.3, 0.4) is 0 Å². The number of piperidine rings is 1. The molecular formula is C27H36F4N6O. The average molecular weight is 537 g/mol. The van der Waals surface area contributed by atoms with Crippen LogP contribution >= 0.6 is 0 Å². The van der Waals surface area contributed by atoms with Crippen molar-refractivity contribution in [3.05, 3.63) is 59.3 Å². The van der Waals surface area contributed by atoms with E-state index in [1.165, 1.54) is 12.1 Å². The van der Waals surface area contributed by atoms with E-state index >= 15 is 4.39 Å². The van der Waals surface area contributed by atoms with Crippen molar-refractivity contribution in [3.63, 3.8) is 0 Å². The number of aliphatic hydroxyl groups excluding tert-OH is 1. The van der Waals surface area contributed by atoms with Crippen LogP contribution in [-0.2, 0) is 12.7 Å². The summed E-state index contributed by atoms with van der Waals surface area (Å²) in [6.45, 7) is 3.54. The molecule has 11 heteroatoms. The first-order valence-electron chi connectivity index (χ1n) is 13.4. The van der Waals surface area contributed by atoms with Gasteiger partial charge < -0.3 is 10.0 Å². The fourth-order valence-electron chi connectivity index (χ4n) is 5.82. The van der Waals surface area contributed by atoms with E-state index < -0.39 is 30.2 Å². The van der Waals surface area contributed by atoms with Crippen LogP contribution in [0, 0.1) is 5.92 Å². The fourth-order valence-corrected chi connectivity index (χ4v) is 5.82. The Kier molecular flexibility index (Phi) is 8.49. The molecule has 4 heterocycles. The van der Waals surface area contributed by atoms with Crippen LogP contribution in [0.1, 0.15) is 48.4 Å². The number of aliphatic hydroxyl groups is 1. The second-order valence-electron chi connectivity index (χ2n) is 10.5. The lowest BCUT2D eigenvalue weighted by atomic mass is 9.98. The minimum absolute atomic E-state index is 0.133. The van der Waals surface area contributed by atoms with Gasteiger partial charge in [0.15, 0.2) is 6.17 Å². The van der Waals surface area contributed by atoms with Crippen molar-refractivity contribution >= 4 is 5.82 Å². The third-order valence-corrected chi connectivity index (χ3v) is 8.06. The number of benzene rings is 1. The van der Waals surface area contributed by atoms with Gasteiger partial charge in [-0.1, -0.05) is 18.2 Å². The number of rotatable bonds is 7. The van der Waals surface area contributed by atoms with Crippen LogP contribution in [-0.4, -0.2) is 66.4 Å². The van der Waals surface area contributed by atoms with Crippen LogP contribution in [0.25, 0.3) is 0 Å². The number of alkyl halides is 4. The van der Waals surface area contributed by atoms with Crippen LogP contribution in [0.4, 0.5) is 23.4 Å². The molecule has 1 aromatic heterocycles. The maximum Gasteiger partial charge on any atom is 0.416 e. The van der Waals surface area contributed by atoms with Crippen molar-refractivity contribution < 1.29 is 22.7 Å². The molecule has 3 fully saturated rings. The molecule has 0 amide bonds. The van der Waals surface area contributed by atoms with Crippen molar-refractivity contribution in [2.24, 2.45) is 5.92 Å². The van der Waals surface area contributed by atoms with E-state index in [2.05, 4.69) is 25.8 Å². The van der Waals surface area contributed by atoms with Crippen molar-refractivity contribution in [1.82, 2.24) is 25.8 Å². The SMILES string of the molecule is OCC1CCN(c2ccc(CNC3NCNC(N4CCCC4c4ccc(C(F)(F)F)cc4)C3F)cn2)CC1. The largest absolute Gasteiger partial charge is 0.416 e. The Balaban J connectivity index is 1.17. The van der Waals surface area contributed by atoms with E-state index in [1.54, 1.807) is 0 Å². The van der Waals surface area contributed by atoms with Gasteiger partial charge in [0.2, 0.25) is 0 Å². The Hall–Kier alpha value is -2.31. The third kappa shape index (κ3) is 6.12. The maximum atomic E-state index is 15.7. The minimum Gasteiger partial charge on any atom is -0.396 e. The number of nitrogens with zero attached hydrogens (tertiary/aromatic N) is 3. The van der Waals surface area contributed by atoms with Gasteiger partial charge in [-0.15, -0.1) is 0 Å². The predicted molar refractivity (Wildman–Crippen MR) is 137 cm³/mol. The average Bonchev–Trinajstić information content (AvgIpc) is 3.42. The van der Waals surface area contributed by atoms with Gasteiger partial charge in [-0.25, -0.2) is 9.37 Å². The normalized spacial score (nSPS) is 27.7. The first kappa shape index (κ1) is 27.3. The van der Waals surface area contributed by atoms with Crippen molar-refractivity contribution in [2.75, 3.05) is 37.8 Å². The molecule has 5 rings (SSSR count). The maximum absolute atomic E-state index is 15.7. The zero-order valence-corrected chi connectivity index (χ0v) is 21.3. The highest BCUT2D eigenvalue weighted by atomic mass is 19.4. The summed E-state index contributed by atoms with van der Waals surface area (Å²) in [5, 5.41) is 19.0. The second-order valence-corrected chi connectivity index (χ2v) is 10.5. The molecule has 4 unspecified atom stereocenters. The molecule has 4 N–H and O–H groups in total. The summed E-state index contributed by atoms with van der Waals surface area (Å²) in [7, 11) is 0. The number of likely N-dealkylation sites (tertiary alicyclic amines) is 1. The molecule has 0 bridgehead atoms. The van der Waals surface area contributed by atoms with Gasteiger partial charge in [0.05, 0.1) is 17.9 Å². The first-order valence-corrected chi connectivity index (χ1v) is 13.4. The Morgan fingerprint density at radius 2 is 1.76 bits per heavy atom. The predicted octanol–water partition coefficient (Wildman–Crippen LogP) is 3.38. The number of anilines is 1. The van der Waals surface area contributed by atoms with Gasteiger partial charge >= 0.3 is 6.18 Å². The molecule has 0 spiro atoms. The number of pyridine rings is 1. The van der Waals surface area contributed by atoms with E-state index in [-0.39, 0.29) is 12.6 Å². The summed E-state index contributed by atoms with van der Waals surface area (Å²) in [4.78, 5) is 8.86. The Morgan fingerprint density at radius 3 is 2.42 bits per heavy atom. The molecule has 7 nitrogen and oxygen atoms in total. The van der Waals surface area contributed by atoms with Gasteiger partial charge in [-0.3, -0.25) is 20.9 Å². The van der Waals surface area contributed by atoms with Crippen molar-refractivity contribution in [1.29, 1.82) is 0 Å². The van der Waals surface area contributed by atoms with Gasteiger partial charge in [0.1, 0.15) is 5.82 Å². The molecule has 0 saturated carbocycles. The number of halogens is 4.